The van der Waals surface area contributed by atoms with Crippen LogP contribution in [0.4, 0.5) is 10.3 Å². The second-order valence-electron chi connectivity index (χ2n) is 5.74. The van der Waals surface area contributed by atoms with Crippen LogP contribution in [0.3, 0.4) is 0 Å². The largest absolute Gasteiger partial charge is 0.381 e. The number of halogens is 1. The number of ether oxygens (including phenoxy) is 1. The average molecular weight is 263 g/mol. The molecule has 1 aromatic carbocycles. The van der Waals surface area contributed by atoms with Crippen LogP contribution in [0.2, 0.25) is 0 Å². The van der Waals surface area contributed by atoms with Crippen molar-refractivity contribution in [1.82, 2.24) is 9.55 Å². The van der Waals surface area contributed by atoms with E-state index in [0.29, 0.717) is 11.5 Å². The van der Waals surface area contributed by atoms with Crippen molar-refractivity contribution in [3.63, 3.8) is 0 Å². The standard InChI is InChI=1S/C14H18FN3O/c1-14(2)10(7-11(14)19-3)18-9-6-4-5-8(15)12(9)17-13(18)16/h4-6,10-11H,7H2,1-3H3,(H2,16,17). The first-order chi connectivity index (χ1) is 8.96. The SMILES string of the molecule is COC1CC(n2c(N)nc3c(F)cccc32)C1(C)C. The molecule has 19 heavy (non-hydrogen) atoms. The first kappa shape index (κ1) is 12.4. The summed E-state index contributed by atoms with van der Waals surface area (Å²) in [7, 11) is 1.72. The van der Waals surface area contributed by atoms with Crippen molar-refractivity contribution in [2.75, 3.05) is 12.8 Å². The third-order valence-corrected chi connectivity index (χ3v) is 4.42. The summed E-state index contributed by atoms with van der Waals surface area (Å²) in [5.41, 5.74) is 7.04. The number of hydrogen-bond acceptors (Lipinski definition) is 3. The highest BCUT2D eigenvalue weighted by molar-refractivity contribution is 5.79. The van der Waals surface area contributed by atoms with Gasteiger partial charge in [0.25, 0.3) is 0 Å². The molecule has 2 atom stereocenters. The number of para-hydroxylation sites is 1. The van der Waals surface area contributed by atoms with Crippen LogP contribution >= 0.6 is 0 Å². The molecule has 0 aliphatic heterocycles. The molecule has 2 N–H and O–H groups in total. The summed E-state index contributed by atoms with van der Waals surface area (Å²) in [6.07, 6.45) is 1.07. The van der Waals surface area contributed by atoms with Crippen LogP contribution in [-0.4, -0.2) is 22.8 Å². The number of hydrogen-bond donors (Lipinski definition) is 1. The summed E-state index contributed by atoms with van der Waals surface area (Å²) in [6.45, 7) is 4.28. The Balaban J connectivity index is 2.12. The van der Waals surface area contributed by atoms with Gasteiger partial charge >= 0.3 is 0 Å². The maximum Gasteiger partial charge on any atom is 0.201 e. The van der Waals surface area contributed by atoms with Gasteiger partial charge in [-0.2, -0.15) is 0 Å². The molecule has 0 bridgehead atoms. The highest BCUT2D eigenvalue weighted by Gasteiger charge is 2.50. The summed E-state index contributed by atoms with van der Waals surface area (Å²) >= 11 is 0. The Morgan fingerprint density at radius 3 is 2.84 bits per heavy atom. The Bertz CT molecular complexity index is 635. The molecule has 0 radical (unpaired) electrons. The van der Waals surface area contributed by atoms with Gasteiger partial charge in [0.05, 0.1) is 11.6 Å². The molecule has 0 spiro atoms. The Hall–Kier alpha value is -1.62. The monoisotopic (exact) mass is 263 g/mol. The molecule has 102 valence electrons. The second-order valence-corrected chi connectivity index (χ2v) is 5.74. The Morgan fingerprint density at radius 1 is 1.47 bits per heavy atom. The minimum Gasteiger partial charge on any atom is -0.381 e. The van der Waals surface area contributed by atoms with Gasteiger partial charge in [-0.1, -0.05) is 19.9 Å². The van der Waals surface area contributed by atoms with Crippen molar-refractivity contribution in [1.29, 1.82) is 0 Å². The second kappa shape index (κ2) is 3.93. The summed E-state index contributed by atoms with van der Waals surface area (Å²) in [4.78, 5) is 4.16. The van der Waals surface area contributed by atoms with Crippen LogP contribution in [0, 0.1) is 11.2 Å². The summed E-state index contributed by atoms with van der Waals surface area (Å²) in [5, 5.41) is 0. The number of methoxy groups -OCH3 is 1. The zero-order valence-electron chi connectivity index (χ0n) is 11.4. The number of aromatic nitrogens is 2. The van der Waals surface area contributed by atoms with Crippen LogP contribution in [0.1, 0.15) is 26.3 Å². The first-order valence-electron chi connectivity index (χ1n) is 6.41. The fourth-order valence-corrected chi connectivity index (χ4v) is 3.13. The van der Waals surface area contributed by atoms with Gasteiger partial charge in [-0.15, -0.1) is 0 Å². The molecule has 5 heteroatoms. The average Bonchev–Trinajstić information content (AvgIpc) is 2.68. The van der Waals surface area contributed by atoms with E-state index in [0.717, 1.165) is 11.9 Å². The highest BCUT2D eigenvalue weighted by atomic mass is 19.1. The molecule has 1 saturated carbocycles. The topological polar surface area (TPSA) is 53.1 Å². The molecule has 2 aromatic rings. The Kier molecular flexibility index (Phi) is 2.57. The van der Waals surface area contributed by atoms with E-state index in [9.17, 15) is 4.39 Å². The molecule has 0 saturated heterocycles. The first-order valence-corrected chi connectivity index (χ1v) is 6.41. The van der Waals surface area contributed by atoms with E-state index < -0.39 is 0 Å². The van der Waals surface area contributed by atoms with Gasteiger partial charge in [-0.25, -0.2) is 9.37 Å². The van der Waals surface area contributed by atoms with E-state index in [1.165, 1.54) is 6.07 Å². The number of nitrogen functional groups attached to an aromatic ring is 1. The molecule has 1 fully saturated rings. The lowest BCUT2D eigenvalue weighted by atomic mass is 9.64. The highest BCUT2D eigenvalue weighted by Crippen LogP contribution is 2.52. The lowest BCUT2D eigenvalue weighted by molar-refractivity contribution is -0.110. The van der Waals surface area contributed by atoms with Crippen molar-refractivity contribution >= 4 is 17.0 Å². The smallest absolute Gasteiger partial charge is 0.201 e. The number of imidazole rings is 1. The molecule has 3 rings (SSSR count). The van der Waals surface area contributed by atoms with E-state index in [-0.39, 0.29) is 23.4 Å². The zero-order valence-corrected chi connectivity index (χ0v) is 11.4. The van der Waals surface area contributed by atoms with Crippen LogP contribution in [0.15, 0.2) is 18.2 Å². The van der Waals surface area contributed by atoms with Gasteiger partial charge in [0, 0.05) is 18.6 Å². The van der Waals surface area contributed by atoms with Crippen molar-refractivity contribution in [2.45, 2.75) is 32.4 Å². The normalized spacial score (nSPS) is 25.5. The van der Waals surface area contributed by atoms with Crippen LogP contribution < -0.4 is 5.73 Å². The van der Waals surface area contributed by atoms with E-state index >= 15 is 0 Å². The molecular weight excluding hydrogens is 245 g/mol. The molecule has 1 aromatic heterocycles. The minimum absolute atomic E-state index is 0.0389. The number of nitrogens with two attached hydrogens (primary N) is 1. The summed E-state index contributed by atoms with van der Waals surface area (Å²) in [5.74, 6) is 0.0381. The third kappa shape index (κ3) is 1.57. The zero-order chi connectivity index (χ0) is 13.8. The minimum atomic E-state index is -0.330. The molecule has 1 aliphatic rings. The molecule has 0 amide bonds. The number of anilines is 1. The van der Waals surface area contributed by atoms with E-state index in [1.807, 2.05) is 10.6 Å². The fraction of sp³-hybridized carbons (Fsp3) is 0.500. The van der Waals surface area contributed by atoms with Crippen LogP contribution in [0.25, 0.3) is 11.0 Å². The van der Waals surface area contributed by atoms with Gasteiger partial charge in [0.2, 0.25) is 5.95 Å². The predicted molar refractivity (Wildman–Crippen MR) is 72.3 cm³/mol. The number of benzene rings is 1. The molecule has 4 nitrogen and oxygen atoms in total. The maximum absolute atomic E-state index is 13.7. The van der Waals surface area contributed by atoms with Gasteiger partial charge in [-0.3, -0.25) is 0 Å². The number of nitrogens with zero attached hydrogens (tertiary/aromatic N) is 2. The molecule has 1 heterocycles. The fourth-order valence-electron chi connectivity index (χ4n) is 3.13. The maximum atomic E-state index is 13.7. The number of fused-ring (bicyclic) bond motifs is 1. The van der Waals surface area contributed by atoms with E-state index in [1.54, 1.807) is 13.2 Å². The van der Waals surface area contributed by atoms with Crippen molar-refractivity contribution < 1.29 is 9.13 Å². The van der Waals surface area contributed by atoms with E-state index in [4.69, 9.17) is 10.5 Å². The Morgan fingerprint density at radius 2 is 2.21 bits per heavy atom. The molecule has 1 aliphatic carbocycles. The van der Waals surface area contributed by atoms with Crippen molar-refractivity contribution in [3.8, 4) is 0 Å². The van der Waals surface area contributed by atoms with Gasteiger partial charge in [0.15, 0.2) is 5.82 Å². The third-order valence-electron chi connectivity index (χ3n) is 4.42. The number of rotatable bonds is 2. The van der Waals surface area contributed by atoms with Gasteiger partial charge in [-0.05, 0) is 18.6 Å². The lowest BCUT2D eigenvalue weighted by Crippen LogP contribution is -2.51. The van der Waals surface area contributed by atoms with E-state index in [2.05, 4.69) is 18.8 Å². The van der Waals surface area contributed by atoms with Gasteiger partial charge < -0.3 is 15.0 Å². The van der Waals surface area contributed by atoms with Crippen LogP contribution in [-0.2, 0) is 4.74 Å². The summed E-state index contributed by atoms with van der Waals surface area (Å²) < 4.78 is 21.1. The van der Waals surface area contributed by atoms with Crippen molar-refractivity contribution in [2.24, 2.45) is 5.41 Å². The van der Waals surface area contributed by atoms with Gasteiger partial charge in [0.1, 0.15) is 5.52 Å². The molecule has 2 unspecified atom stereocenters. The summed E-state index contributed by atoms with van der Waals surface area (Å²) in [6, 6.07) is 5.14. The predicted octanol–water partition coefficient (Wildman–Crippen LogP) is 2.74. The lowest BCUT2D eigenvalue weighted by Gasteiger charge is -2.51. The van der Waals surface area contributed by atoms with Crippen LogP contribution in [0.5, 0.6) is 0 Å². The Labute approximate surface area is 111 Å². The molecular formula is C14H18FN3O. The quantitative estimate of drug-likeness (QED) is 0.906. The van der Waals surface area contributed by atoms with Crippen molar-refractivity contribution in [3.05, 3.63) is 24.0 Å².